The van der Waals surface area contributed by atoms with E-state index in [1.54, 1.807) is 13.8 Å². The van der Waals surface area contributed by atoms with E-state index in [1.165, 1.54) is 103 Å². The molecule has 0 aromatic heterocycles. The van der Waals surface area contributed by atoms with Gasteiger partial charge in [0.05, 0.1) is 19.8 Å². The Labute approximate surface area is 394 Å². The number of rotatable bonds is 45. The average molecular weight is 1180 g/mol. The molecule has 0 bridgehead atoms. The predicted octanol–water partition coefficient (Wildman–Crippen LogP) is 12.8. The molecule has 0 spiro atoms. The number of amides is 1. The zero-order valence-corrected chi connectivity index (χ0v) is 44.8. The van der Waals surface area contributed by atoms with Gasteiger partial charge in [-0.25, -0.2) is 4.79 Å². The van der Waals surface area contributed by atoms with Crippen molar-refractivity contribution < 1.29 is 57.6 Å². The molecular weight excluding hydrogens is 1090 g/mol. The first-order valence-corrected chi connectivity index (χ1v) is 26.1. The molecule has 2 unspecified atom stereocenters. The molecule has 0 aromatic carbocycles. The van der Waals surface area contributed by atoms with Crippen LogP contribution in [0.3, 0.4) is 0 Å². The Kier molecular flexibility index (Phi) is 41.7. The number of carbonyl (C=O) groups is 6. The molecule has 2 N–H and O–H groups in total. The van der Waals surface area contributed by atoms with E-state index in [0.717, 1.165) is 51.4 Å². The van der Waals surface area contributed by atoms with Gasteiger partial charge in [-0.3, -0.25) is 24.0 Å². The van der Waals surface area contributed by atoms with Crippen LogP contribution in [0.5, 0.6) is 0 Å². The molecular formula is C52H95FmNO12. The Morgan fingerprint density at radius 2 is 0.833 bits per heavy atom. The molecule has 14 heteroatoms. The maximum atomic E-state index is 13.4. The molecule has 0 aliphatic rings. The van der Waals surface area contributed by atoms with Crippen LogP contribution in [0.1, 0.15) is 241 Å². The van der Waals surface area contributed by atoms with E-state index in [0.29, 0.717) is 25.0 Å². The molecule has 0 heterocycles. The maximum Gasteiger partial charge on any atom is 0.505 e. The predicted molar refractivity (Wildman–Crippen MR) is 256 cm³/mol. The molecule has 0 saturated heterocycles. The number of nitrogens with one attached hydrogen (secondary N) is 1. The first-order chi connectivity index (χ1) is 31.3. The van der Waals surface area contributed by atoms with Crippen molar-refractivity contribution in [3.05, 3.63) is 0 Å². The minimum absolute atomic E-state index is 0. The van der Waals surface area contributed by atoms with Crippen LogP contribution >= 0.6 is 0 Å². The summed E-state index contributed by atoms with van der Waals surface area (Å²) in [5, 5.41) is 11.4. The molecule has 0 saturated carbocycles. The van der Waals surface area contributed by atoms with E-state index in [4.69, 9.17) is 24.1 Å². The first-order valence-electron chi connectivity index (χ1n) is 26.1. The van der Waals surface area contributed by atoms with Gasteiger partial charge in [-0.15, -0.1) is 0 Å². The molecule has 0 rings (SSSR count). The van der Waals surface area contributed by atoms with Crippen LogP contribution < -0.4 is 5.32 Å². The van der Waals surface area contributed by atoms with Crippen molar-refractivity contribution in [2.75, 3.05) is 33.0 Å². The Bertz CT molecular complexity index is 1250. The molecule has 0 radical (unpaired) electrons. The van der Waals surface area contributed by atoms with Crippen LogP contribution in [0.25, 0.3) is 0 Å². The number of ether oxygens (including phenoxy) is 5. The number of unbranched alkanes of at least 4 members (excludes halogenated alkanes) is 16. The third kappa shape index (κ3) is 37.8. The molecule has 0 aliphatic heterocycles. The quantitative estimate of drug-likeness (QED) is 0.0335. The van der Waals surface area contributed by atoms with Crippen molar-refractivity contribution in [1.29, 1.82) is 0 Å². The smallest absolute Gasteiger partial charge is 0.465 e. The van der Waals surface area contributed by atoms with Crippen molar-refractivity contribution in [2.24, 2.45) is 17.3 Å². The summed E-state index contributed by atoms with van der Waals surface area (Å²) >= 11 is 0. The first kappa shape index (κ1) is 63.7. The second kappa shape index (κ2) is 43.2. The van der Waals surface area contributed by atoms with E-state index in [-0.39, 0.29) is 76.6 Å². The molecule has 3 atom stereocenters. The average Bonchev–Trinajstić information content (AvgIpc) is 3.27. The summed E-state index contributed by atoms with van der Waals surface area (Å²) in [7, 11) is 0. The van der Waals surface area contributed by atoms with Gasteiger partial charge in [-0.2, -0.15) is 0 Å². The van der Waals surface area contributed by atoms with Crippen LogP contribution in [-0.2, 0) is 47.7 Å². The van der Waals surface area contributed by atoms with Crippen LogP contribution in [0.4, 0.5) is 4.79 Å². The molecule has 0 aromatic rings. The molecule has 66 heavy (non-hydrogen) atoms. The topological polar surface area (TPSA) is 181 Å². The minimum atomic E-state index is -1.43. The van der Waals surface area contributed by atoms with Crippen LogP contribution in [-0.4, -0.2) is 80.1 Å². The largest absolute Gasteiger partial charge is 0.505 e. The maximum absolute atomic E-state index is 13.4. The van der Waals surface area contributed by atoms with E-state index < -0.39 is 35.5 Å². The van der Waals surface area contributed by atoms with Gasteiger partial charge in [0.2, 0.25) is 0 Å². The number of hydrogen-bond donors (Lipinski definition) is 2. The van der Waals surface area contributed by atoms with Gasteiger partial charge in [0.25, 0.3) is 5.91 Å². The number of carboxylic acid groups (broad SMARTS) is 1. The van der Waals surface area contributed by atoms with Gasteiger partial charge in [0.15, 0.2) is 6.10 Å². The van der Waals surface area contributed by atoms with Gasteiger partial charge in [-0.1, -0.05) is 170 Å². The third-order valence-electron chi connectivity index (χ3n) is 12.0. The molecule has 392 valence electrons. The summed E-state index contributed by atoms with van der Waals surface area (Å²) in [6, 6.07) is 0. The summed E-state index contributed by atoms with van der Waals surface area (Å²) in [4.78, 5) is 75.5. The summed E-state index contributed by atoms with van der Waals surface area (Å²) in [5.74, 6) is -1.95. The fourth-order valence-electron chi connectivity index (χ4n) is 7.80. The zero-order chi connectivity index (χ0) is 48.4. The summed E-state index contributed by atoms with van der Waals surface area (Å²) in [6.07, 6.45) is 25.9. The van der Waals surface area contributed by atoms with Gasteiger partial charge in [0.1, 0.15) is 6.61 Å². The molecule has 0 fully saturated rings. The standard InChI is InChI=1S/C52H95NO12.Fm/c1-7-11-15-19-21-25-32-43(30-23-17-13-9-3)40-62-45(54)34-27-36-47(56)64-42-52(5,6)49(50(58)53-38-29-39-61-51(59)60)65-48(57)37-28-35-46(55)63-41-44(31-24-18-14-10-4)33-26-22-20-16-12-8-2;/h43-44,49H,7-42H2,1-6H3,(H,53,58)(H,59,60);/t43?,44?,49-;/m0./s1. The Hall–Kier alpha value is -4.38. The second-order valence-corrected chi connectivity index (χ2v) is 18.9. The second-order valence-electron chi connectivity index (χ2n) is 18.9. The zero-order valence-electron chi connectivity index (χ0n) is 42.4. The van der Waals surface area contributed by atoms with Gasteiger partial charge in [-0.05, 0) is 56.8 Å². The van der Waals surface area contributed by atoms with Crippen molar-refractivity contribution in [2.45, 2.75) is 247 Å². The fourth-order valence-corrected chi connectivity index (χ4v) is 7.80. The molecule has 1 amide bonds. The van der Waals surface area contributed by atoms with Gasteiger partial charge >= 0.3 is 30.0 Å². The van der Waals surface area contributed by atoms with Crippen LogP contribution in [0.2, 0.25) is 0 Å². The summed E-state index contributed by atoms with van der Waals surface area (Å²) in [5.41, 5.74) is -1.17. The van der Waals surface area contributed by atoms with Crippen molar-refractivity contribution in [1.82, 2.24) is 5.32 Å². The van der Waals surface area contributed by atoms with Gasteiger partial charge in [0, 0.05) is 37.6 Å². The van der Waals surface area contributed by atoms with Crippen LogP contribution in [0, 0.1) is 17.3 Å². The SMILES string of the molecule is CCCCCCCCC(CCCCCC)COC(=O)CCCC(=O)OCC(C)(C)[C@@H](OC(=O)CCCC(=O)OCC(CCCCCC)CCCCCCCC)C(=O)NCCCOC(=O)O.[Fm]. The minimum Gasteiger partial charge on any atom is -0.465 e. The monoisotopic (exact) mass is 1180 g/mol. The van der Waals surface area contributed by atoms with E-state index in [9.17, 15) is 28.8 Å². The number of hydrogen-bond acceptors (Lipinski definition) is 11. The van der Waals surface area contributed by atoms with E-state index >= 15 is 0 Å². The fraction of sp³-hybridized carbons (Fsp3) is 0.885. The van der Waals surface area contributed by atoms with Crippen LogP contribution in [0.15, 0.2) is 0 Å². The molecule has 0 aliphatic carbocycles. The van der Waals surface area contributed by atoms with Crippen molar-refractivity contribution in [3.8, 4) is 0 Å². The van der Waals surface area contributed by atoms with Crippen molar-refractivity contribution in [3.63, 3.8) is 0 Å². The van der Waals surface area contributed by atoms with Gasteiger partial charge < -0.3 is 34.1 Å². The number of carbonyl (C=O) groups excluding carboxylic acids is 5. The molecule has 13 nitrogen and oxygen atoms in total. The summed E-state index contributed by atoms with van der Waals surface area (Å²) < 4.78 is 27.1. The van der Waals surface area contributed by atoms with Crippen molar-refractivity contribution >= 4 is 35.9 Å². The Morgan fingerprint density at radius 3 is 1.24 bits per heavy atom. The normalized spacial score (nSPS) is 12.6. The number of esters is 4. The summed E-state index contributed by atoms with van der Waals surface area (Å²) in [6.45, 7) is 12.5. The van der Waals surface area contributed by atoms with E-state index in [2.05, 4.69) is 37.7 Å². The van der Waals surface area contributed by atoms with E-state index in [1.807, 2.05) is 0 Å². The Balaban J connectivity index is 0. The Morgan fingerprint density at radius 1 is 0.470 bits per heavy atom. The third-order valence-corrected chi connectivity index (χ3v) is 12.0.